The third-order valence-electron chi connectivity index (χ3n) is 7.06. The minimum Gasteiger partial charge on any atom is -0.512 e. The van der Waals surface area contributed by atoms with Gasteiger partial charge >= 0.3 is 0 Å². The van der Waals surface area contributed by atoms with Crippen LogP contribution in [0.1, 0.15) is 67.1 Å². The van der Waals surface area contributed by atoms with Crippen LogP contribution >= 0.6 is 0 Å². The van der Waals surface area contributed by atoms with Crippen LogP contribution in [0.2, 0.25) is 0 Å². The maximum Gasteiger partial charge on any atom is 0.164 e. The molecule has 1 N–H and O–H groups in total. The average molecular weight is 750 g/mol. The summed E-state index contributed by atoms with van der Waals surface area (Å²) in [7, 11) is 0. The number of carbonyl (C=O) groups excluding carboxylic acids is 1. The van der Waals surface area contributed by atoms with Crippen LogP contribution in [0.4, 0.5) is 0 Å². The van der Waals surface area contributed by atoms with Crippen LogP contribution in [0, 0.1) is 16.9 Å². The van der Waals surface area contributed by atoms with E-state index in [1.54, 1.807) is 0 Å². The molecule has 5 heteroatoms. The molecule has 1 aromatic heterocycles. The van der Waals surface area contributed by atoms with Crippen molar-refractivity contribution in [3.8, 4) is 22.4 Å². The van der Waals surface area contributed by atoms with Crippen molar-refractivity contribution in [2.75, 3.05) is 0 Å². The minimum atomic E-state index is -0.417. The second kappa shape index (κ2) is 13.8. The number of aromatic nitrogens is 2. The van der Waals surface area contributed by atoms with Crippen LogP contribution in [0.3, 0.4) is 0 Å². The average Bonchev–Trinajstić information content (AvgIpc) is 2.96. The van der Waals surface area contributed by atoms with Crippen LogP contribution in [0.5, 0.6) is 0 Å². The third kappa shape index (κ3) is 8.25. The van der Waals surface area contributed by atoms with E-state index in [-0.39, 0.29) is 43.0 Å². The first kappa shape index (κ1) is 33.8. The molecule has 0 aliphatic carbocycles. The van der Waals surface area contributed by atoms with Gasteiger partial charge in [-0.1, -0.05) is 110 Å². The van der Waals surface area contributed by atoms with E-state index >= 15 is 0 Å². The van der Waals surface area contributed by atoms with Crippen molar-refractivity contribution < 1.29 is 30.0 Å². The molecular formula is C38H41IrN2O2-. The van der Waals surface area contributed by atoms with Gasteiger partial charge in [0.2, 0.25) is 0 Å². The quantitative estimate of drug-likeness (QED) is 0.0860. The standard InChI is InChI=1S/C27H21N2.C11H20O2.Ir/c1-18(2)27-28-25(20-11-7-4-8-12-20)24-16-14-22-17-21(19-9-5-3-6-10-19)13-15-23(22)26(24)29-27;1-10(2,3)8(12)7-9(13)11(4,5)6;/h3-11,13-18H,1-2H3;7,12H,1-6H3;/q-1;;/b;8-7-;. The first-order chi connectivity index (χ1) is 19.8. The maximum atomic E-state index is 11.5. The van der Waals surface area contributed by atoms with Crippen molar-refractivity contribution in [1.29, 1.82) is 0 Å². The smallest absolute Gasteiger partial charge is 0.164 e. The van der Waals surface area contributed by atoms with Crippen LogP contribution in [0.15, 0.2) is 96.8 Å². The van der Waals surface area contributed by atoms with Crippen molar-refractivity contribution in [3.63, 3.8) is 0 Å². The fraction of sp³-hybridized carbons (Fsp3) is 0.289. The van der Waals surface area contributed by atoms with E-state index in [4.69, 9.17) is 9.97 Å². The Morgan fingerprint density at radius 2 is 1.44 bits per heavy atom. The zero-order valence-electron chi connectivity index (χ0n) is 26.3. The molecule has 225 valence electrons. The number of carbonyl (C=O) groups is 1. The molecule has 0 bridgehead atoms. The molecule has 43 heavy (non-hydrogen) atoms. The molecule has 0 saturated heterocycles. The molecule has 0 amide bonds. The van der Waals surface area contributed by atoms with Gasteiger partial charge in [0.25, 0.3) is 0 Å². The molecule has 5 aromatic rings. The number of rotatable bonds is 4. The summed E-state index contributed by atoms with van der Waals surface area (Å²) in [5, 5.41) is 13.0. The normalized spacial score (nSPS) is 12.1. The molecular weight excluding hydrogens is 709 g/mol. The summed E-state index contributed by atoms with van der Waals surface area (Å²) in [4.78, 5) is 21.4. The first-order valence-corrected chi connectivity index (χ1v) is 14.5. The number of benzene rings is 4. The summed E-state index contributed by atoms with van der Waals surface area (Å²) in [6.45, 7) is 15.4. The fourth-order valence-corrected chi connectivity index (χ4v) is 4.31. The Morgan fingerprint density at radius 1 is 0.791 bits per heavy atom. The molecule has 0 fully saturated rings. The minimum absolute atomic E-state index is 0. The van der Waals surface area contributed by atoms with Crippen LogP contribution in [-0.2, 0) is 24.9 Å². The van der Waals surface area contributed by atoms with Gasteiger partial charge in [0, 0.05) is 48.3 Å². The van der Waals surface area contributed by atoms with Crippen molar-refractivity contribution in [2.24, 2.45) is 10.8 Å². The van der Waals surface area contributed by atoms with Gasteiger partial charge in [0.1, 0.15) is 11.6 Å². The molecule has 5 rings (SSSR count). The van der Waals surface area contributed by atoms with Crippen LogP contribution in [-0.4, -0.2) is 20.9 Å². The first-order valence-electron chi connectivity index (χ1n) is 14.5. The number of allylic oxidation sites excluding steroid dienone is 2. The van der Waals surface area contributed by atoms with Gasteiger partial charge in [-0.25, -0.2) is 4.98 Å². The predicted molar refractivity (Wildman–Crippen MR) is 175 cm³/mol. The van der Waals surface area contributed by atoms with E-state index in [9.17, 15) is 9.90 Å². The molecule has 0 aliphatic heterocycles. The van der Waals surface area contributed by atoms with Gasteiger partial charge in [-0.2, -0.15) is 0 Å². The Balaban J connectivity index is 0.000000310. The summed E-state index contributed by atoms with van der Waals surface area (Å²) in [6.07, 6.45) is 1.33. The summed E-state index contributed by atoms with van der Waals surface area (Å²) in [5.74, 6) is 1.22. The number of nitrogens with zero attached hydrogens (tertiary/aromatic N) is 2. The summed E-state index contributed by atoms with van der Waals surface area (Å²) < 4.78 is 0. The van der Waals surface area contributed by atoms with Gasteiger partial charge in [-0.15, -0.1) is 35.9 Å². The molecule has 0 aliphatic rings. The molecule has 0 spiro atoms. The topological polar surface area (TPSA) is 63.1 Å². The third-order valence-corrected chi connectivity index (χ3v) is 7.06. The number of fused-ring (bicyclic) bond motifs is 3. The maximum absolute atomic E-state index is 11.5. The van der Waals surface area contributed by atoms with Gasteiger partial charge in [0.15, 0.2) is 5.78 Å². The Morgan fingerprint density at radius 3 is 2.02 bits per heavy atom. The summed E-state index contributed by atoms with van der Waals surface area (Å²) in [6, 6.07) is 32.8. The van der Waals surface area contributed by atoms with Gasteiger partial charge in [-0.05, 0) is 33.7 Å². The molecule has 0 saturated carbocycles. The largest absolute Gasteiger partial charge is 0.512 e. The second-order valence-electron chi connectivity index (χ2n) is 13.0. The van der Waals surface area contributed by atoms with Crippen molar-refractivity contribution >= 4 is 27.5 Å². The van der Waals surface area contributed by atoms with E-state index < -0.39 is 5.41 Å². The van der Waals surface area contributed by atoms with E-state index in [0.29, 0.717) is 0 Å². The number of hydrogen-bond acceptors (Lipinski definition) is 4. The van der Waals surface area contributed by atoms with Crippen LogP contribution in [0.25, 0.3) is 44.1 Å². The van der Waals surface area contributed by atoms with Gasteiger partial charge in [0.05, 0.1) is 5.52 Å². The van der Waals surface area contributed by atoms with Gasteiger partial charge < -0.3 is 5.11 Å². The van der Waals surface area contributed by atoms with Crippen molar-refractivity contribution in [1.82, 2.24) is 9.97 Å². The fourth-order valence-electron chi connectivity index (χ4n) is 4.31. The molecule has 0 atom stereocenters. The summed E-state index contributed by atoms with van der Waals surface area (Å²) >= 11 is 0. The van der Waals surface area contributed by atoms with Crippen LogP contribution < -0.4 is 0 Å². The predicted octanol–water partition coefficient (Wildman–Crippen LogP) is 10.1. The molecule has 0 unspecified atom stereocenters. The molecule has 1 radical (unpaired) electrons. The van der Waals surface area contributed by atoms with Gasteiger partial charge in [-0.3, -0.25) is 9.78 Å². The zero-order chi connectivity index (χ0) is 30.7. The number of aliphatic hydroxyl groups excluding tert-OH is 1. The van der Waals surface area contributed by atoms with E-state index in [1.165, 1.54) is 22.6 Å². The Kier molecular flexibility index (Phi) is 10.8. The zero-order valence-corrected chi connectivity index (χ0v) is 28.7. The number of aliphatic hydroxyl groups is 1. The van der Waals surface area contributed by atoms with Crippen molar-refractivity contribution in [2.45, 2.75) is 61.3 Å². The van der Waals surface area contributed by atoms with E-state index in [2.05, 4.69) is 80.6 Å². The second-order valence-corrected chi connectivity index (χ2v) is 13.0. The monoisotopic (exact) mass is 750 g/mol. The van der Waals surface area contributed by atoms with E-state index in [0.717, 1.165) is 33.4 Å². The van der Waals surface area contributed by atoms with E-state index in [1.807, 2.05) is 65.8 Å². The Hall–Kier alpha value is -3.66. The Bertz CT molecular complexity index is 1730. The SMILES string of the molecule is CC(C)(C)C(=O)/C=C(\O)C(C)(C)C.CC(C)c1nc(-c2[c-]cccc2)c2ccc3cc(-c4ccccc4)ccc3c2n1.[Ir]. The summed E-state index contributed by atoms with van der Waals surface area (Å²) in [5.41, 5.74) is 4.63. The number of hydrogen-bond donors (Lipinski definition) is 1. The van der Waals surface area contributed by atoms with Crippen molar-refractivity contribution in [3.05, 3.63) is 109 Å². The Labute approximate surface area is 269 Å². The number of ketones is 1. The molecule has 4 nitrogen and oxygen atoms in total. The molecule has 1 heterocycles. The molecule has 4 aromatic carbocycles.